The summed E-state index contributed by atoms with van der Waals surface area (Å²) in [5.74, 6) is -0.649. The summed E-state index contributed by atoms with van der Waals surface area (Å²) in [6.07, 6.45) is 0. The Kier molecular flexibility index (Phi) is 3.42. The number of furan rings is 1. The molecule has 0 aromatic carbocycles. The molecule has 0 radical (unpaired) electrons. The van der Waals surface area contributed by atoms with Crippen molar-refractivity contribution in [2.45, 2.75) is 13.5 Å². The molecular weight excluding hydrogens is 256 g/mol. The zero-order valence-corrected chi connectivity index (χ0v) is 10.3. The van der Waals surface area contributed by atoms with Gasteiger partial charge in [0.2, 0.25) is 0 Å². The van der Waals surface area contributed by atoms with E-state index < -0.39 is 5.97 Å². The van der Waals surface area contributed by atoms with Crippen LogP contribution in [0.3, 0.4) is 0 Å². The van der Waals surface area contributed by atoms with Gasteiger partial charge in [0.05, 0.1) is 12.1 Å². The van der Waals surface area contributed by atoms with Gasteiger partial charge < -0.3 is 14.8 Å². The van der Waals surface area contributed by atoms with Crippen molar-refractivity contribution in [1.82, 2.24) is 10.3 Å². The third-order valence-electron chi connectivity index (χ3n) is 2.29. The monoisotopic (exact) mass is 266 g/mol. The van der Waals surface area contributed by atoms with Crippen molar-refractivity contribution < 1.29 is 19.1 Å². The van der Waals surface area contributed by atoms with Crippen LogP contribution in [-0.4, -0.2) is 22.0 Å². The maximum absolute atomic E-state index is 11.6. The molecular formula is C11H10N2O4S. The van der Waals surface area contributed by atoms with Gasteiger partial charge in [0, 0.05) is 5.38 Å². The molecule has 0 atom stereocenters. The highest BCUT2D eigenvalue weighted by molar-refractivity contribution is 7.07. The molecule has 7 heteroatoms. The quantitative estimate of drug-likeness (QED) is 0.878. The SMILES string of the molecule is Cc1oc(CNC(=O)c2cscn2)cc1C(=O)O. The molecule has 0 aliphatic heterocycles. The first-order valence-corrected chi connectivity index (χ1v) is 6.01. The van der Waals surface area contributed by atoms with Crippen molar-refractivity contribution in [2.24, 2.45) is 0 Å². The summed E-state index contributed by atoms with van der Waals surface area (Å²) in [5, 5.41) is 13.1. The molecule has 2 N–H and O–H groups in total. The lowest BCUT2D eigenvalue weighted by molar-refractivity contribution is 0.0694. The molecule has 0 aliphatic carbocycles. The lowest BCUT2D eigenvalue weighted by atomic mass is 10.2. The van der Waals surface area contributed by atoms with Crippen molar-refractivity contribution in [1.29, 1.82) is 0 Å². The first-order valence-electron chi connectivity index (χ1n) is 5.07. The third kappa shape index (κ3) is 2.57. The van der Waals surface area contributed by atoms with Crippen LogP contribution in [0.2, 0.25) is 0 Å². The van der Waals surface area contributed by atoms with Crippen LogP contribution in [-0.2, 0) is 6.54 Å². The van der Waals surface area contributed by atoms with Gasteiger partial charge >= 0.3 is 5.97 Å². The number of aryl methyl sites for hydroxylation is 1. The van der Waals surface area contributed by atoms with Crippen LogP contribution in [0, 0.1) is 6.92 Å². The van der Waals surface area contributed by atoms with E-state index in [0.29, 0.717) is 17.2 Å². The highest BCUT2D eigenvalue weighted by Gasteiger charge is 2.14. The fraction of sp³-hybridized carbons (Fsp3) is 0.182. The second-order valence-corrected chi connectivity index (χ2v) is 4.26. The summed E-state index contributed by atoms with van der Waals surface area (Å²) in [4.78, 5) is 26.2. The number of carboxylic acid groups (broad SMARTS) is 1. The first kappa shape index (κ1) is 12.3. The molecule has 0 unspecified atom stereocenters. The zero-order valence-electron chi connectivity index (χ0n) is 9.47. The van der Waals surface area contributed by atoms with Crippen LogP contribution in [0.4, 0.5) is 0 Å². The number of aromatic nitrogens is 1. The molecule has 0 aliphatic rings. The lowest BCUT2D eigenvalue weighted by Gasteiger charge is -1.99. The molecule has 1 amide bonds. The molecule has 6 nitrogen and oxygen atoms in total. The Morgan fingerprint density at radius 3 is 2.89 bits per heavy atom. The number of aromatic carboxylic acids is 1. The van der Waals surface area contributed by atoms with E-state index in [0.717, 1.165) is 0 Å². The molecule has 2 aromatic rings. The Hall–Kier alpha value is -2.15. The molecule has 0 saturated carbocycles. The van der Waals surface area contributed by atoms with Gasteiger partial charge in [0.1, 0.15) is 22.8 Å². The number of carboxylic acids is 1. The third-order valence-corrected chi connectivity index (χ3v) is 2.87. The fourth-order valence-corrected chi connectivity index (χ4v) is 1.96. The van der Waals surface area contributed by atoms with E-state index in [2.05, 4.69) is 10.3 Å². The maximum atomic E-state index is 11.6. The standard InChI is InChI=1S/C11H10N2O4S/c1-6-8(11(15)16)2-7(17-6)3-12-10(14)9-4-18-5-13-9/h2,4-5H,3H2,1H3,(H,12,14)(H,15,16). The number of nitrogens with one attached hydrogen (secondary N) is 1. The van der Waals surface area contributed by atoms with E-state index in [-0.39, 0.29) is 18.0 Å². The van der Waals surface area contributed by atoms with Crippen molar-refractivity contribution in [3.63, 3.8) is 0 Å². The summed E-state index contributed by atoms with van der Waals surface area (Å²) in [6.45, 7) is 1.69. The summed E-state index contributed by atoms with van der Waals surface area (Å²) in [6, 6.07) is 1.40. The maximum Gasteiger partial charge on any atom is 0.339 e. The van der Waals surface area contributed by atoms with Crippen LogP contribution in [0.1, 0.15) is 32.4 Å². The predicted octanol–water partition coefficient (Wildman–Crippen LogP) is 1.67. The van der Waals surface area contributed by atoms with Crippen molar-refractivity contribution in [3.05, 3.63) is 39.7 Å². The average Bonchev–Trinajstić information content (AvgIpc) is 2.94. The number of nitrogens with zero attached hydrogens (tertiary/aromatic N) is 1. The Morgan fingerprint density at radius 2 is 2.33 bits per heavy atom. The van der Waals surface area contributed by atoms with Gasteiger partial charge in [-0.2, -0.15) is 0 Å². The van der Waals surface area contributed by atoms with Crippen LogP contribution in [0.5, 0.6) is 0 Å². The van der Waals surface area contributed by atoms with Crippen molar-refractivity contribution in [2.75, 3.05) is 0 Å². The van der Waals surface area contributed by atoms with E-state index in [9.17, 15) is 9.59 Å². The molecule has 0 spiro atoms. The summed E-state index contributed by atoms with van der Waals surface area (Å²) in [5.41, 5.74) is 2.00. The van der Waals surface area contributed by atoms with Gasteiger partial charge in [-0.05, 0) is 13.0 Å². The number of carbonyl (C=O) groups is 2. The minimum atomic E-state index is -1.05. The first-order chi connectivity index (χ1) is 8.58. The molecule has 18 heavy (non-hydrogen) atoms. The molecule has 2 heterocycles. The van der Waals surface area contributed by atoms with Gasteiger partial charge in [-0.15, -0.1) is 11.3 Å². The van der Waals surface area contributed by atoms with Crippen molar-refractivity contribution in [3.8, 4) is 0 Å². The second kappa shape index (κ2) is 5.01. The lowest BCUT2D eigenvalue weighted by Crippen LogP contribution is -2.22. The molecule has 0 saturated heterocycles. The average molecular weight is 266 g/mol. The predicted molar refractivity (Wildman–Crippen MR) is 63.7 cm³/mol. The Morgan fingerprint density at radius 1 is 1.56 bits per heavy atom. The summed E-state index contributed by atoms with van der Waals surface area (Å²) in [7, 11) is 0. The topological polar surface area (TPSA) is 92.4 Å². The number of amides is 1. The number of rotatable bonds is 4. The Bertz CT molecular complexity index is 574. The van der Waals surface area contributed by atoms with E-state index in [4.69, 9.17) is 9.52 Å². The van der Waals surface area contributed by atoms with Gasteiger partial charge in [-0.25, -0.2) is 9.78 Å². The van der Waals surface area contributed by atoms with Gasteiger partial charge in [0.25, 0.3) is 5.91 Å². The minimum absolute atomic E-state index is 0.105. The van der Waals surface area contributed by atoms with Crippen LogP contribution < -0.4 is 5.32 Å². The fourth-order valence-electron chi connectivity index (χ4n) is 1.43. The number of hydrogen-bond donors (Lipinski definition) is 2. The van der Waals surface area contributed by atoms with Gasteiger partial charge in [-0.3, -0.25) is 4.79 Å². The van der Waals surface area contributed by atoms with E-state index in [1.165, 1.54) is 17.4 Å². The summed E-state index contributed by atoms with van der Waals surface area (Å²) < 4.78 is 5.23. The molecule has 0 bridgehead atoms. The van der Waals surface area contributed by atoms with Crippen molar-refractivity contribution >= 4 is 23.2 Å². The minimum Gasteiger partial charge on any atom is -0.478 e. The zero-order chi connectivity index (χ0) is 13.1. The number of hydrogen-bond acceptors (Lipinski definition) is 5. The van der Waals surface area contributed by atoms with Crippen LogP contribution in [0.25, 0.3) is 0 Å². The highest BCUT2D eigenvalue weighted by atomic mass is 32.1. The molecule has 94 valence electrons. The largest absolute Gasteiger partial charge is 0.478 e. The summed E-state index contributed by atoms with van der Waals surface area (Å²) >= 11 is 1.33. The van der Waals surface area contributed by atoms with E-state index >= 15 is 0 Å². The Labute approximate surface area is 106 Å². The van der Waals surface area contributed by atoms with E-state index in [1.54, 1.807) is 17.8 Å². The van der Waals surface area contributed by atoms with Crippen LogP contribution >= 0.6 is 11.3 Å². The van der Waals surface area contributed by atoms with Gasteiger partial charge in [0.15, 0.2) is 0 Å². The van der Waals surface area contributed by atoms with Gasteiger partial charge in [-0.1, -0.05) is 0 Å². The van der Waals surface area contributed by atoms with E-state index in [1.807, 2.05) is 0 Å². The number of thiazole rings is 1. The highest BCUT2D eigenvalue weighted by Crippen LogP contribution is 2.14. The smallest absolute Gasteiger partial charge is 0.339 e. The van der Waals surface area contributed by atoms with Crippen LogP contribution in [0.15, 0.2) is 21.4 Å². The number of carbonyl (C=O) groups excluding carboxylic acids is 1. The second-order valence-electron chi connectivity index (χ2n) is 3.54. The normalized spacial score (nSPS) is 10.3. The molecule has 0 fully saturated rings. The molecule has 2 aromatic heterocycles. The Balaban J connectivity index is 2.01. The molecule has 2 rings (SSSR count).